The molecule has 1 aromatic heterocycles. The molecule has 2 atom stereocenters. The molecule has 0 aliphatic carbocycles. The number of piperidine rings is 1. The quantitative estimate of drug-likeness (QED) is 0.483. The topological polar surface area (TPSA) is 49.3 Å². The Labute approximate surface area is 192 Å². The number of nitrogens with one attached hydrogen (secondary N) is 1. The van der Waals surface area contributed by atoms with E-state index in [1.165, 1.54) is 43.6 Å². The predicted octanol–water partition coefficient (Wildman–Crippen LogP) is 3.90. The third-order valence-electron chi connectivity index (χ3n) is 6.74. The van der Waals surface area contributed by atoms with E-state index in [1.54, 1.807) is 0 Å². The molecule has 0 aromatic carbocycles. The lowest BCUT2D eigenvalue weighted by atomic mass is 10.1. The molecule has 0 spiro atoms. The average Bonchev–Trinajstić information content (AvgIpc) is 3.53. The van der Waals surface area contributed by atoms with Crippen molar-refractivity contribution in [2.45, 2.75) is 70.1 Å². The molecule has 0 bridgehead atoms. The first-order valence-electron chi connectivity index (χ1n) is 12.4. The van der Waals surface area contributed by atoms with Crippen LogP contribution < -0.4 is 5.32 Å². The smallest absolute Gasteiger partial charge is 0.193 e. The molecule has 3 fully saturated rings. The lowest BCUT2D eigenvalue weighted by molar-refractivity contribution is -0.0721. The fraction of sp³-hybridized carbons (Fsp3) is 0.792. The van der Waals surface area contributed by atoms with Gasteiger partial charge in [0.05, 0.1) is 31.4 Å². The normalized spacial score (nSPS) is 25.1. The van der Waals surface area contributed by atoms with Gasteiger partial charge in [-0.25, -0.2) is 0 Å². The average molecular weight is 449 g/mol. The summed E-state index contributed by atoms with van der Waals surface area (Å²) in [6.07, 6.45) is 9.05. The Morgan fingerprint density at radius 2 is 2.03 bits per heavy atom. The van der Waals surface area contributed by atoms with Crippen LogP contribution in [-0.2, 0) is 9.47 Å². The van der Waals surface area contributed by atoms with Crippen LogP contribution in [0.1, 0.15) is 62.8 Å². The summed E-state index contributed by atoms with van der Waals surface area (Å²) in [5.41, 5.74) is 0. The Bertz CT molecular complexity index is 649. The fourth-order valence-corrected chi connectivity index (χ4v) is 5.79. The maximum absolute atomic E-state index is 6.21. The molecule has 2 unspecified atom stereocenters. The van der Waals surface area contributed by atoms with Crippen molar-refractivity contribution >= 4 is 17.3 Å². The van der Waals surface area contributed by atoms with Crippen LogP contribution in [0.4, 0.5) is 0 Å². The number of hydrogen-bond donors (Lipinski definition) is 1. The Balaban J connectivity index is 1.30. The van der Waals surface area contributed by atoms with Crippen LogP contribution in [-0.4, -0.2) is 80.4 Å². The van der Waals surface area contributed by atoms with E-state index in [2.05, 4.69) is 39.6 Å². The molecule has 1 N–H and O–H groups in total. The van der Waals surface area contributed by atoms with Crippen LogP contribution in [0.2, 0.25) is 0 Å². The minimum absolute atomic E-state index is 0.311. The van der Waals surface area contributed by atoms with Gasteiger partial charge in [-0.2, -0.15) is 0 Å². The van der Waals surface area contributed by atoms with Crippen LogP contribution in [0.25, 0.3) is 0 Å². The zero-order valence-electron chi connectivity index (χ0n) is 19.1. The summed E-state index contributed by atoms with van der Waals surface area (Å²) in [7, 11) is 0. The highest BCUT2D eigenvalue weighted by Gasteiger charge is 2.26. The number of guanidine groups is 1. The van der Waals surface area contributed by atoms with E-state index in [1.807, 2.05) is 11.3 Å². The van der Waals surface area contributed by atoms with Gasteiger partial charge in [0.1, 0.15) is 0 Å². The van der Waals surface area contributed by atoms with Gasteiger partial charge in [-0.3, -0.25) is 9.89 Å². The minimum Gasteiger partial charge on any atom is -0.376 e. The van der Waals surface area contributed by atoms with Gasteiger partial charge < -0.3 is 19.7 Å². The highest BCUT2D eigenvalue weighted by Crippen LogP contribution is 2.29. The van der Waals surface area contributed by atoms with E-state index < -0.39 is 0 Å². The summed E-state index contributed by atoms with van der Waals surface area (Å²) in [6, 6.07) is 4.85. The van der Waals surface area contributed by atoms with Crippen LogP contribution in [0.5, 0.6) is 0 Å². The minimum atomic E-state index is 0.311. The SMILES string of the molecule is CCNC(=NCC(c1cccs1)N1CCCC1)N1CCC(OCC2CCCCO2)CC1. The van der Waals surface area contributed by atoms with Gasteiger partial charge >= 0.3 is 0 Å². The maximum atomic E-state index is 6.21. The number of hydrogen-bond acceptors (Lipinski definition) is 5. The molecule has 0 amide bonds. The number of thiophene rings is 1. The second-order valence-corrected chi connectivity index (χ2v) is 9.96. The third kappa shape index (κ3) is 6.67. The molecule has 4 rings (SSSR count). The zero-order chi connectivity index (χ0) is 21.3. The summed E-state index contributed by atoms with van der Waals surface area (Å²) in [5, 5.41) is 5.73. The van der Waals surface area contributed by atoms with E-state index >= 15 is 0 Å². The number of ether oxygens (including phenoxy) is 2. The molecule has 174 valence electrons. The van der Waals surface area contributed by atoms with Gasteiger partial charge in [-0.15, -0.1) is 11.3 Å². The molecule has 6 nitrogen and oxygen atoms in total. The van der Waals surface area contributed by atoms with E-state index in [-0.39, 0.29) is 0 Å². The number of aliphatic imine (C=N–C) groups is 1. The highest BCUT2D eigenvalue weighted by atomic mass is 32.1. The van der Waals surface area contributed by atoms with Crippen LogP contribution in [0.3, 0.4) is 0 Å². The largest absolute Gasteiger partial charge is 0.376 e. The molecular weight excluding hydrogens is 408 g/mol. The van der Waals surface area contributed by atoms with Crippen molar-refractivity contribution in [2.75, 3.05) is 52.5 Å². The van der Waals surface area contributed by atoms with Crippen molar-refractivity contribution in [3.05, 3.63) is 22.4 Å². The molecular formula is C24H40N4O2S. The van der Waals surface area contributed by atoms with E-state index in [4.69, 9.17) is 14.5 Å². The number of likely N-dealkylation sites (tertiary alicyclic amines) is 2. The molecule has 31 heavy (non-hydrogen) atoms. The van der Waals surface area contributed by atoms with Crippen molar-refractivity contribution < 1.29 is 9.47 Å². The van der Waals surface area contributed by atoms with Crippen molar-refractivity contribution in [1.82, 2.24) is 15.1 Å². The summed E-state index contributed by atoms with van der Waals surface area (Å²) in [5.74, 6) is 1.07. The van der Waals surface area contributed by atoms with E-state index in [0.29, 0.717) is 18.2 Å². The first-order chi connectivity index (χ1) is 15.3. The predicted molar refractivity (Wildman–Crippen MR) is 128 cm³/mol. The highest BCUT2D eigenvalue weighted by molar-refractivity contribution is 7.10. The van der Waals surface area contributed by atoms with Gasteiger partial charge in [0.25, 0.3) is 0 Å². The first-order valence-corrected chi connectivity index (χ1v) is 13.3. The van der Waals surface area contributed by atoms with Gasteiger partial charge in [0.15, 0.2) is 5.96 Å². The van der Waals surface area contributed by atoms with Crippen molar-refractivity contribution in [1.29, 1.82) is 0 Å². The molecule has 3 saturated heterocycles. The Hall–Kier alpha value is -1.15. The Morgan fingerprint density at radius 3 is 2.71 bits per heavy atom. The molecule has 3 aliphatic heterocycles. The maximum Gasteiger partial charge on any atom is 0.193 e. The fourth-order valence-electron chi connectivity index (χ4n) is 4.93. The second-order valence-electron chi connectivity index (χ2n) is 8.98. The Kier molecular flexibility index (Phi) is 9.05. The van der Waals surface area contributed by atoms with Crippen LogP contribution in [0.15, 0.2) is 22.5 Å². The van der Waals surface area contributed by atoms with Gasteiger partial charge in [-0.05, 0) is 76.4 Å². The van der Waals surface area contributed by atoms with Crippen LogP contribution >= 0.6 is 11.3 Å². The molecule has 0 saturated carbocycles. The Morgan fingerprint density at radius 1 is 1.19 bits per heavy atom. The molecule has 4 heterocycles. The third-order valence-corrected chi connectivity index (χ3v) is 7.71. The first kappa shape index (κ1) is 23.0. The summed E-state index contributed by atoms with van der Waals surface area (Å²) in [4.78, 5) is 11.6. The molecule has 3 aliphatic rings. The van der Waals surface area contributed by atoms with Crippen molar-refractivity contribution in [3.63, 3.8) is 0 Å². The van der Waals surface area contributed by atoms with Gasteiger partial charge in [0, 0.05) is 31.1 Å². The lowest BCUT2D eigenvalue weighted by Gasteiger charge is -2.35. The number of rotatable bonds is 8. The second kappa shape index (κ2) is 12.2. The molecule has 0 radical (unpaired) electrons. The standard InChI is InChI=1S/C24H40N4O2S/c1-2-25-24(26-18-22(23-9-7-17-31-23)27-12-4-5-13-27)28-14-10-20(11-15-28)30-19-21-8-3-6-16-29-21/h7,9,17,20-22H,2-6,8,10-16,18-19H2,1H3,(H,25,26). The van der Waals surface area contributed by atoms with E-state index in [0.717, 1.165) is 64.6 Å². The summed E-state index contributed by atoms with van der Waals surface area (Å²) < 4.78 is 12.0. The van der Waals surface area contributed by atoms with Gasteiger partial charge in [0.2, 0.25) is 0 Å². The van der Waals surface area contributed by atoms with Gasteiger partial charge in [-0.1, -0.05) is 6.07 Å². The molecule has 1 aromatic rings. The lowest BCUT2D eigenvalue weighted by Crippen LogP contribution is -2.47. The van der Waals surface area contributed by atoms with Crippen molar-refractivity contribution in [2.24, 2.45) is 4.99 Å². The number of nitrogens with zero attached hydrogens (tertiary/aromatic N) is 3. The zero-order valence-corrected chi connectivity index (χ0v) is 20.0. The monoisotopic (exact) mass is 448 g/mol. The molecule has 7 heteroatoms. The summed E-state index contributed by atoms with van der Waals surface area (Å²) >= 11 is 1.86. The van der Waals surface area contributed by atoms with E-state index in [9.17, 15) is 0 Å². The summed E-state index contributed by atoms with van der Waals surface area (Å²) in [6.45, 7) is 9.97. The van der Waals surface area contributed by atoms with Crippen LogP contribution in [0, 0.1) is 0 Å². The van der Waals surface area contributed by atoms with Crippen molar-refractivity contribution in [3.8, 4) is 0 Å².